The highest BCUT2D eigenvalue weighted by atomic mass is 19.4. The predicted molar refractivity (Wildman–Crippen MR) is 160 cm³/mol. The van der Waals surface area contributed by atoms with Crippen molar-refractivity contribution in [3.05, 3.63) is 114 Å². The summed E-state index contributed by atoms with van der Waals surface area (Å²) in [5.41, 5.74) is 2.77. The van der Waals surface area contributed by atoms with Gasteiger partial charge in [-0.2, -0.15) is 13.2 Å². The largest absolute Gasteiger partial charge is 0.466 e. The number of nitrogens with zero attached hydrogens (tertiary/aromatic N) is 2. The average molecular weight is 587 g/mol. The van der Waals surface area contributed by atoms with Gasteiger partial charge in [0.1, 0.15) is 12.2 Å². The van der Waals surface area contributed by atoms with Gasteiger partial charge in [-0.05, 0) is 60.3 Å². The van der Waals surface area contributed by atoms with Crippen LogP contribution in [0.5, 0.6) is 0 Å². The number of benzene rings is 4. The van der Waals surface area contributed by atoms with Crippen LogP contribution in [0.15, 0.2) is 97.3 Å². The van der Waals surface area contributed by atoms with Crippen LogP contribution >= 0.6 is 0 Å². The molecule has 0 spiro atoms. The fraction of sp³-hybridized carbons (Fsp3) is 0.182. The Morgan fingerprint density at radius 3 is 2.37 bits per heavy atom. The van der Waals surface area contributed by atoms with Gasteiger partial charge >= 0.3 is 12.1 Å². The number of rotatable bonds is 9. The van der Waals surface area contributed by atoms with Crippen LogP contribution in [0.3, 0.4) is 0 Å². The number of nitrogens with one attached hydrogen (secondary N) is 2. The van der Waals surface area contributed by atoms with E-state index in [2.05, 4.69) is 15.6 Å². The Balaban J connectivity index is 1.37. The molecule has 5 aromatic rings. The Labute approximate surface area is 246 Å². The Kier molecular flexibility index (Phi) is 8.47. The van der Waals surface area contributed by atoms with Crippen molar-refractivity contribution in [3.63, 3.8) is 0 Å². The van der Waals surface area contributed by atoms with Gasteiger partial charge in [0, 0.05) is 35.1 Å². The van der Waals surface area contributed by atoms with E-state index in [0.29, 0.717) is 22.8 Å². The number of fused-ring (bicyclic) bond motifs is 1. The number of ether oxygens (including phenoxy) is 1. The molecule has 0 aliphatic heterocycles. The number of anilines is 3. The van der Waals surface area contributed by atoms with E-state index in [9.17, 15) is 22.8 Å². The highest BCUT2D eigenvalue weighted by molar-refractivity contribution is 6.10. The standard InChI is InChI=1S/C33H29F3N4O3/c1-3-43-30(42)20-29(41)39-31-27-7-5-4-6-23(27)10-17-28(31)38-25-13-15-26(16-14-25)40-19-18-37-32(40)21(2)22-8-11-24(12-9-22)33(34,35)36/h4-19,21,38H,3,20H2,1-2H3,(H,39,41). The minimum absolute atomic E-state index is 0.192. The van der Waals surface area contributed by atoms with Crippen molar-refractivity contribution in [2.24, 2.45) is 0 Å². The van der Waals surface area contributed by atoms with Gasteiger partial charge in [0.15, 0.2) is 0 Å². The van der Waals surface area contributed by atoms with Crippen molar-refractivity contribution in [2.75, 3.05) is 17.2 Å². The van der Waals surface area contributed by atoms with Crippen molar-refractivity contribution >= 4 is 39.7 Å². The van der Waals surface area contributed by atoms with E-state index >= 15 is 0 Å². The first-order chi connectivity index (χ1) is 20.6. The first-order valence-corrected chi connectivity index (χ1v) is 13.7. The molecule has 5 rings (SSSR count). The molecule has 1 aromatic heterocycles. The molecule has 220 valence electrons. The third kappa shape index (κ3) is 6.69. The quantitative estimate of drug-likeness (QED) is 0.136. The lowest BCUT2D eigenvalue weighted by molar-refractivity contribution is -0.145. The molecule has 1 unspecified atom stereocenters. The van der Waals surface area contributed by atoms with E-state index in [4.69, 9.17) is 4.74 Å². The summed E-state index contributed by atoms with van der Waals surface area (Å²) in [5.74, 6) is -0.657. The first kappa shape index (κ1) is 29.4. The van der Waals surface area contributed by atoms with Crippen molar-refractivity contribution in [1.29, 1.82) is 0 Å². The molecule has 1 heterocycles. The second-order valence-corrected chi connectivity index (χ2v) is 9.91. The Morgan fingerprint density at radius 2 is 1.67 bits per heavy atom. The van der Waals surface area contributed by atoms with Crippen LogP contribution in [0, 0.1) is 0 Å². The number of carbonyl (C=O) groups excluding carboxylic acids is 2. The first-order valence-electron chi connectivity index (χ1n) is 13.7. The van der Waals surface area contributed by atoms with Crippen molar-refractivity contribution in [2.45, 2.75) is 32.4 Å². The summed E-state index contributed by atoms with van der Waals surface area (Å²) in [5, 5.41) is 7.95. The molecular formula is C33H29F3N4O3. The normalized spacial score (nSPS) is 12.1. The van der Waals surface area contributed by atoms with Gasteiger partial charge in [0.05, 0.1) is 23.5 Å². The molecular weight excluding hydrogens is 557 g/mol. The zero-order chi connectivity index (χ0) is 30.6. The van der Waals surface area contributed by atoms with Crippen molar-refractivity contribution in [1.82, 2.24) is 9.55 Å². The Bertz CT molecular complexity index is 1750. The lowest BCUT2D eigenvalue weighted by Crippen LogP contribution is -2.19. The SMILES string of the molecule is CCOC(=O)CC(=O)Nc1c(Nc2ccc(-n3ccnc3C(C)c3ccc(C(F)(F)F)cc3)cc2)ccc2ccccc12. The fourth-order valence-corrected chi connectivity index (χ4v) is 4.86. The number of esters is 1. The van der Waals surface area contributed by atoms with Gasteiger partial charge < -0.3 is 19.9 Å². The van der Waals surface area contributed by atoms with Gasteiger partial charge in [-0.1, -0.05) is 49.4 Å². The molecule has 4 aromatic carbocycles. The maximum Gasteiger partial charge on any atom is 0.416 e. The number of amides is 1. The van der Waals surface area contributed by atoms with Crippen LogP contribution in [-0.4, -0.2) is 28.0 Å². The summed E-state index contributed by atoms with van der Waals surface area (Å²) < 4.78 is 45.8. The van der Waals surface area contributed by atoms with Crippen LogP contribution < -0.4 is 10.6 Å². The second-order valence-electron chi connectivity index (χ2n) is 9.91. The van der Waals surface area contributed by atoms with E-state index < -0.39 is 30.0 Å². The van der Waals surface area contributed by atoms with E-state index in [1.54, 1.807) is 19.3 Å². The van der Waals surface area contributed by atoms with Crippen LogP contribution in [-0.2, 0) is 20.5 Å². The average Bonchev–Trinajstić information content (AvgIpc) is 3.48. The monoisotopic (exact) mass is 586 g/mol. The van der Waals surface area contributed by atoms with E-state index in [1.807, 2.05) is 72.2 Å². The molecule has 7 nitrogen and oxygen atoms in total. The fourth-order valence-electron chi connectivity index (χ4n) is 4.86. The van der Waals surface area contributed by atoms with Gasteiger partial charge in [-0.3, -0.25) is 9.59 Å². The molecule has 0 fully saturated rings. The zero-order valence-electron chi connectivity index (χ0n) is 23.5. The number of alkyl halides is 3. The Hall–Kier alpha value is -5.12. The number of carbonyl (C=O) groups is 2. The van der Waals surface area contributed by atoms with Crippen LogP contribution in [0.1, 0.15) is 43.1 Å². The van der Waals surface area contributed by atoms with Crippen LogP contribution in [0.2, 0.25) is 0 Å². The topological polar surface area (TPSA) is 85.3 Å². The maximum atomic E-state index is 13.0. The summed E-state index contributed by atoms with van der Waals surface area (Å²) in [6.45, 7) is 3.77. The maximum absolute atomic E-state index is 13.0. The molecule has 1 atom stereocenters. The molecule has 0 saturated heterocycles. The number of hydrogen-bond acceptors (Lipinski definition) is 5. The lowest BCUT2D eigenvalue weighted by Gasteiger charge is -2.17. The number of halogens is 3. The predicted octanol–water partition coefficient (Wildman–Crippen LogP) is 7.83. The summed E-state index contributed by atoms with van der Waals surface area (Å²) >= 11 is 0. The van der Waals surface area contributed by atoms with Crippen LogP contribution in [0.4, 0.5) is 30.2 Å². The molecule has 43 heavy (non-hydrogen) atoms. The van der Waals surface area contributed by atoms with E-state index in [1.165, 1.54) is 12.1 Å². The summed E-state index contributed by atoms with van der Waals surface area (Å²) in [4.78, 5) is 29.0. The summed E-state index contributed by atoms with van der Waals surface area (Å²) in [6, 6.07) is 24.1. The highest BCUT2D eigenvalue weighted by Crippen LogP contribution is 2.35. The Morgan fingerprint density at radius 1 is 0.953 bits per heavy atom. The second kappa shape index (κ2) is 12.4. The number of imidazole rings is 1. The minimum Gasteiger partial charge on any atom is -0.466 e. The molecule has 0 aliphatic rings. The van der Waals surface area contributed by atoms with E-state index in [0.717, 1.165) is 34.3 Å². The lowest BCUT2D eigenvalue weighted by atomic mass is 9.98. The van der Waals surface area contributed by atoms with Gasteiger partial charge in [-0.15, -0.1) is 0 Å². The summed E-state index contributed by atoms with van der Waals surface area (Å²) in [7, 11) is 0. The molecule has 1 amide bonds. The van der Waals surface area contributed by atoms with Crippen molar-refractivity contribution < 1.29 is 27.5 Å². The number of aromatic nitrogens is 2. The number of hydrogen-bond donors (Lipinski definition) is 2. The zero-order valence-corrected chi connectivity index (χ0v) is 23.5. The van der Waals surface area contributed by atoms with Gasteiger partial charge in [0.25, 0.3) is 0 Å². The van der Waals surface area contributed by atoms with Gasteiger partial charge in [0.2, 0.25) is 5.91 Å². The van der Waals surface area contributed by atoms with Crippen molar-refractivity contribution in [3.8, 4) is 5.69 Å². The third-order valence-electron chi connectivity index (χ3n) is 7.02. The molecule has 2 N–H and O–H groups in total. The molecule has 0 saturated carbocycles. The third-order valence-corrected chi connectivity index (χ3v) is 7.02. The highest BCUT2D eigenvalue weighted by Gasteiger charge is 2.30. The van der Waals surface area contributed by atoms with Gasteiger partial charge in [-0.25, -0.2) is 4.98 Å². The molecule has 0 bridgehead atoms. The smallest absolute Gasteiger partial charge is 0.416 e. The van der Waals surface area contributed by atoms with E-state index in [-0.39, 0.29) is 12.5 Å². The van der Waals surface area contributed by atoms with Crippen LogP contribution in [0.25, 0.3) is 16.5 Å². The summed E-state index contributed by atoms with van der Waals surface area (Å²) in [6.07, 6.45) is -1.33. The molecule has 0 radical (unpaired) electrons. The molecule has 0 aliphatic carbocycles. The molecule has 10 heteroatoms. The minimum atomic E-state index is -4.39.